The van der Waals surface area contributed by atoms with E-state index >= 15 is 0 Å². The van der Waals surface area contributed by atoms with E-state index in [1.54, 1.807) is 12.1 Å². The van der Waals surface area contributed by atoms with Crippen molar-refractivity contribution in [1.29, 1.82) is 0 Å². The molecule has 9 nitrogen and oxygen atoms in total. The van der Waals surface area contributed by atoms with Gasteiger partial charge in [-0.3, -0.25) is 19.3 Å². The molecule has 2 saturated heterocycles. The molecule has 0 unspecified atom stereocenters. The molecule has 3 aliphatic rings. The summed E-state index contributed by atoms with van der Waals surface area (Å²) in [4.78, 5) is 41.0. The minimum atomic E-state index is -3.00. The molecule has 6 rings (SSSR count). The van der Waals surface area contributed by atoms with Gasteiger partial charge in [0.1, 0.15) is 5.75 Å². The molecule has 1 aliphatic carbocycles. The van der Waals surface area contributed by atoms with Crippen molar-refractivity contribution in [3.63, 3.8) is 0 Å². The van der Waals surface area contributed by atoms with Gasteiger partial charge < -0.3 is 24.3 Å². The summed E-state index contributed by atoms with van der Waals surface area (Å²) < 4.78 is 13.9. The van der Waals surface area contributed by atoms with E-state index in [-0.39, 0.29) is 48.5 Å². The first-order valence-corrected chi connectivity index (χ1v) is 22.6. The first-order chi connectivity index (χ1) is 27.2. The van der Waals surface area contributed by atoms with Gasteiger partial charge in [-0.05, 0) is 101 Å². The Morgan fingerprint density at radius 2 is 1.63 bits per heavy atom. The second-order valence-corrected chi connectivity index (χ2v) is 21.4. The number of benzene rings is 3. The van der Waals surface area contributed by atoms with Crippen LogP contribution < -0.4 is 10.4 Å². The second kappa shape index (κ2) is 18.3. The molecule has 2 heterocycles. The number of amides is 2. The van der Waals surface area contributed by atoms with Crippen molar-refractivity contribution in [3.05, 3.63) is 106 Å². The predicted octanol–water partition coefficient (Wildman–Crippen LogP) is 7.64. The van der Waals surface area contributed by atoms with Crippen molar-refractivity contribution >= 4 is 61.3 Å². The lowest BCUT2D eigenvalue weighted by Gasteiger charge is -2.46. The molecule has 0 spiro atoms. The van der Waals surface area contributed by atoms with Gasteiger partial charge in [0.25, 0.3) is 8.32 Å². The third kappa shape index (κ3) is 9.18. The van der Waals surface area contributed by atoms with Gasteiger partial charge in [0.05, 0.1) is 29.6 Å². The normalized spacial score (nSPS) is 21.5. The van der Waals surface area contributed by atoms with E-state index in [2.05, 4.69) is 52.0 Å². The van der Waals surface area contributed by atoms with Crippen LogP contribution in [0.5, 0.6) is 5.75 Å². The molecule has 3 aromatic carbocycles. The van der Waals surface area contributed by atoms with Crippen molar-refractivity contribution in [2.24, 2.45) is 17.8 Å². The van der Waals surface area contributed by atoms with Crippen LogP contribution in [0.25, 0.3) is 6.08 Å². The van der Waals surface area contributed by atoms with Gasteiger partial charge in [-0.25, -0.2) is 0 Å². The van der Waals surface area contributed by atoms with Gasteiger partial charge in [0.15, 0.2) is 0 Å². The van der Waals surface area contributed by atoms with Gasteiger partial charge in [0, 0.05) is 13.0 Å². The molecule has 0 aromatic heterocycles. The average Bonchev–Trinajstić information content (AvgIpc) is 3.41. The summed E-state index contributed by atoms with van der Waals surface area (Å²) >= 11 is 6.48. The third-order valence-corrected chi connectivity index (χ3v) is 17.4. The van der Waals surface area contributed by atoms with Crippen LogP contribution in [0.1, 0.15) is 84.6 Å². The largest absolute Gasteiger partial charge is 0.508 e. The molecule has 3 N–H and O–H groups in total. The molecule has 0 bridgehead atoms. The number of carboxylic acid groups (broad SMARTS) is 1. The monoisotopic (exact) mass is 811 g/mol. The molecule has 57 heavy (non-hydrogen) atoms. The number of carbonyl (C=O) groups excluding carboxylic acids is 2. The summed E-state index contributed by atoms with van der Waals surface area (Å²) in [5.74, 6) is -2.81. The zero-order chi connectivity index (χ0) is 40.9. The molecule has 0 saturated carbocycles. The molecular formula is C45H55BClNO8Si. The summed E-state index contributed by atoms with van der Waals surface area (Å²) in [5, 5.41) is 32.7. The quantitative estimate of drug-likeness (QED) is 0.0582. The van der Waals surface area contributed by atoms with Crippen LogP contribution in [0.3, 0.4) is 0 Å². The number of unbranched alkanes of at least 4 members (excludes halogenated alkanes) is 2. The molecular weight excluding hydrogens is 757 g/mol. The van der Waals surface area contributed by atoms with Gasteiger partial charge in [-0.15, -0.1) is 0 Å². The number of hydrogen-bond acceptors (Lipinski definition) is 7. The van der Waals surface area contributed by atoms with Gasteiger partial charge in [0.2, 0.25) is 11.8 Å². The van der Waals surface area contributed by atoms with Crippen LogP contribution in [0.2, 0.25) is 16.4 Å². The van der Waals surface area contributed by atoms with E-state index in [1.165, 1.54) is 11.0 Å². The van der Waals surface area contributed by atoms with E-state index < -0.39 is 45.3 Å². The van der Waals surface area contributed by atoms with E-state index in [0.29, 0.717) is 43.5 Å². The number of imide groups is 1. The molecule has 0 radical (unpaired) electrons. The van der Waals surface area contributed by atoms with E-state index in [1.807, 2.05) is 42.5 Å². The summed E-state index contributed by atoms with van der Waals surface area (Å²) in [6.45, 7) is 9.25. The number of phenols is 1. The minimum absolute atomic E-state index is 0.0490. The smallest absolute Gasteiger partial charge is 0.455 e. The first kappa shape index (κ1) is 42.6. The molecule has 302 valence electrons. The summed E-state index contributed by atoms with van der Waals surface area (Å²) in [6, 6.07) is 25.7. The average molecular weight is 812 g/mol. The molecule has 12 heteroatoms. The molecule has 3 aromatic rings. The Balaban J connectivity index is 1.38. The SMILES string of the molecule is CC/C(=C\c1ccc(O)cc1Cl)CC[C@H]1OB(O)C[C@H]2C1=C(CO[Si](c1ccccc1)(c1ccccc1)C(C)(C)C)C[C@H]1C(=O)N(CCCCCC(=O)O)C(=O)[C@H]12. The first-order valence-electron chi connectivity index (χ1n) is 20.3. The Bertz CT molecular complexity index is 1940. The number of phenolic OH excluding ortho intramolecular Hbond substituents is 1. The number of rotatable bonds is 16. The fraction of sp³-hybridized carbons (Fsp3) is 0.444. The lowest BCUT2D eigenvalue weighted by Crippen LogP contribution is -2.66. The zero-order valence-electron chi connectivity index (χ0n) is 33.5. The maximum atomic E-state index is 14.3. The van der Waals surface area contributed by atoms with E-state index in [0.717, 1.165) is 39.1 Å². The lowest BCUT2D eigenvalue weighted by molar-refractivity contribution is -0.141. The molecule has 2 amide bonds. The van der Waals surface area contributed by atoms with Crippen LogP contribution in [0.15, 0.2) is 95.6 Å². The Morgan fingerprint density at radius 3 is 2.23 bits per heavy atom. The summed E-state index contributed by atoms with van der Waals surface area (Å²) in [5.41, 5.74) is 3.83. The Morgan fingerprint density at radius 1 is 0.965 bits per heavy atom. The predicted molar refractivity (Wildman–Crippen MR) is 227 cm³/mol. The standard InChI is InChI=1S/C45H55BClNO8Si/c1-5-30(25-31-21-22-33(49)27-38(31)47)20-23-39-41-32(29-55-57(45(2,3)4,34-15-9-6-10-16-34)35-17-11-7-12-18-35)26-36-42(37(41)28-46(54)56-39)44(53)48(43(36)52)24-14-8-13-19-40(50)51/h6-7,9-12,15-18,21-22,25,27,36-37,39,42,49,54H,5,8,13-14,19-20,23-24,26,28-29H2,1-4H3,(H,50,51)/b30-25+/t36-,37+,39-,42-/m1/s1. The number of carbonyl (C=O) groups is 3. The molecule has 2 aliphatic heterocycles. The van der Waals surface area contributed by atoms with Gasteiger partial charge >= 0.3 is 13.1 Å². The Labute approximate surface area is 343 Å². The number of nitrogens with zero attached hydrogens (tertiary/aromatic N) is 1. The summed E-state index contributed by atoms with van der Waals surface area (Å²) in [7, 11) is -4.12. The highest BCUT2D eigenvalue weighted by atomic mass is 35.5. The van der Waals surface area contributed by atoms with Crippen molar-refractivity contribution in [2.75, 3.05) is 13.2 Å². The topological polar surface area (TPSA) is 134 Å². The third-order valence-electron chi connectivity index (χ3n) is 12.1. The maximum Gasteiger partial charge on any atom is 0.455 e. The number of fused-ring (bicyclic) bond motifs is 3. The fourth-order valence-electron chi connectivity index (χ4n) is 9.38. The van der Waals surface area contributed by atoms with Crippen LogP contribution >= 0.6 is 11.6 Å². The number of halogens is 1. The number of allylic oxidation sites excluding steroid dienone is 1. The van der Waals surface area contributed by atoms with Crippen molar-refractivity contribution in [1.82, 2.24) is 4.90 Å². The van der Waals surface area contributed by atoms with Crippen molar-refractivity contribution in [3.8, 4) is 5.75 Å². The Hall–Kier alpha value is -4.00. The van der Waals surface area contributed by atoms with E-state index in [4.69, 9.17) is 25.8 Å². The summed E-state index contributed by atoms with van der Waals surface area (Å²) in [6.07, 6.45) is 5.64. The highest BCUT2D eigenvalue weighted by Crippen LogP contribution is 2.51. The van der Waals surface area contributed by atoms with Gasteiger partial charge in [-0.2, -0.15) is 0 Å². The lowest BCUT2D eigenvalue weighted by atomic mass is 9.58. The maximum absolute atomic E-state index is 14.3. The number of aromatic hydroxyl groups is 1. The second-order valence-electron chi connectivity index (χ2n) is 16.7. The number of likely N-dealkylation sites (tertiary alicyclic amines) is 1. The van der Waals surface area contributed by atoms with Crippen LogP contribution in [-0.2, 0) is 23.5 Å². The van der Waals surface area contributed by atoms with Crippen molar-refractivity contribution in [2.45, 2.75) is 96.5 Å². The van der Waals surface area contributed by atoms with Crippen molar-refractivity contribution < 1.29 is 38.7 Å². The Kier molecular flexibility index (Phi) is 13.7. The molecule has 2 fully saturated rings. The number of aliphatic carboxylic acids is 1. The van der Waals surface area contributed by atoms with Crippen LogP contribution in [0, 0.1) is 17.8 Å². The van der Waals surface area contributed by atoms with Gasteiger partial charge in [-0.1, -0.05) is 118 Å². The molecule has 4 atom stereocenters. The minimum Gasteiger partial charge on any atom is -0.508 e. The highest BCUT2D eigenvalue weighted by molar-refractivity contribution is 6.99. The van der Waals surface area contributed by atoms with Crippen LogP contribution in [-0.4, -0.2) is 72.6 Å². The van der Waals surface area contributed by atoms with Crippen LogP contribution in [0.4, 0.5) is 0 Å². The van der Waals surface area contributed by atoms with E-state index in [9.17, 15) is 24.5 Å². The number of hydrogen-bond donors (Lipinski definition) is 3. The fourth-order valence-corrected chi connectivity index (χ4v) is 14.2. The highest BCUT2D eigenvalue weighted by Gasteiger charge is 2.58. The zero-order valence-corrected chi connectivity index (χ0v) is 35.2. The number of carboxylic acids is 1.